The number of esters is 2. The second kappa shape index (κ2) is 14.4. The molecule has 2 heterocycles. The van der Waals surface area contributed by atoms with E-state index in [9.17, 15) is 14.4 Å². The van der Waals surface area contributed by atoms with Gasteiger partial charge in [-0.05, 0) is 99.2 Å². The molecule has 10 heteroatoms. The topological polar surface area (TPSA) is 131 Å². The maximum atomic E-state index is 13.7. The molecular formula is C35H52N4O6. The van der Waals surface area contributed by atoms with Crippen LogP contribution in [0.3, 0.4) is 0 Å². The normalized spacial score (nSPS) is 31.1. The smallest absolute Gasteiger partial charge is 0.342 e. The Morgan fingerprint density at radius 3 is 1.87 bits per heavy atom. The number of aromatic nitrogens is 1. The van der Waals surface area contributed by atoms with Crippen molar-refractivity contribution in [3.05, 3.63) is 33.7 Å². The average molecular weight is 625 g/mol. The first-order valence-electron chi connectivity index (χ1n) is 16.5. The van der Waals surface area contributed by atoms with Crippen LogP contribution in [0.15, 0.2) is 21.8 Å². The van der Waals surface area contributed by atoms with Crippen LogP contribution in [0.4, 0.5) is 5.82 Å². The Balaban J connectivity index is 1.67. The van der Waals surface area contributed by atoms with Gasteiger partial charge >= 0.3 is 11.9 Å². The molecular weight excluding hydrogens is 572 g/mol. The molecule has 2 saturated carbocycles. The summed E-state index contributed by atoms with van der Waals surface area (Å²) in [6.45, 7) is 20.2. The molecule has 1 aliphatic heterocycles. The second-order valence-electron chi connectivity index (χ2n) is 13.9. The Labute approximate surface area is 267 Å². The number of nitrogens with one attached hydrogen (secondary N) is 3. The van der Waals surface area contributed by atoms with Crippen molar-refractivity contribution in [2.75, 3.05) is 12.1 Å². The number of aromatic amines is 1. The van der Waals surface area contributed by atoms with Gasteiger partial charge < -0.3 is 19.8 Å². The molecule has 10 nitrogen and oxygen atoms in total. The van der Waals surface area contributed by atoms with E-state index in [0.717, 1.165) is 25.7 Å². The number of nitrogens with zero attached hydrogens (tertiary/aromatic N) is 1. The number of ether oxygens (including phenoxy) is 2. The van der Waals surface area contributed by atoms with Crippen LogP contribution in [0.5, 0.6) is 0 Å². The highest BCUT2D eigenvalue weighted by molar-refractivity contribution is 6.25. The predicted octanol–water partition coefficient (Wildman–Crippen LogP) is 6.73. The zero-order chi connectivity index (χ0) is 33.2. The number of rotatable bonds is 8. The minimum Gasteiger partial charge on any atom is -0.458 e. The van der Waals surface area contributed by atoms with Gasteiger partial charge in [0.2, 0.25) is 5.91 Å². The Morgan fingerprint density at radius 1 is 0.867 bits per heavy atom. The molecule has 4 rings (SSSR count). The lowest BCUT2D eigenvalue weighted by Gasteiger charge is -2.37. The first-order chi connectivity index (χ1) is 21.2. The predicted molar refractivity (Wildman–Crippen MR) is 175 cm³/mol. The van der Waals surface area contributed by atoms with Gasteiger partial charge in [0.1, 0.15) is 35.0 Å². The number of H-pyrrole nitrogens is 1. The van der Waals surface area contributed by atoms with Gasteiger partial charge in [-0.3, -0.25) is 15.1 Å². The molecule has 1 amide bonds. The molecule has 248 valence electrons. The van der Waals surface area contributed by atoms with Crippen LogP contribution >= 0.6 is 0 Å². The van der Waals surface area contributed by atoms with Gasteiger partial charge in [-0.2, -0.15) is 0 Å². The molecule has 2 aliphatic carbocycles. The minimum atomic E-state index is -0.502. The van der Waals surface area contributed by atoms with Crippen LogP contribution in [0.25, 0.3) is 6.08 Å². The van der Waals surface area contributed by atoms with Crippen LogP contribution < -0.4 is 10.8 Å². The number of aliphatic imine (C=N–C) groups is 1. The Morgan fingerprint density at radius 2 is 1.38 bits per heavy atom. The molecule has 3 aliphatic rings. The standard InChI is InChI=1S/C35H52N4O6/c1-11-43-39-33-29(35(42)45-31-21(6)14-18(3)15-22(31)7)24(9)27(38-33)16-26-23(8)28(32(37-26)36-25(10)40)34(41)44-30-19(4)12-17(2)13-20(30)5/h16-22,30-31,38-39H,11-15H2,1-10H3,(H,36,37,40). The number of amidine groups is 1. The second-order valence-corrected chi connectivity index (χ2v) is 13.9. The summed E-state index contributed by atoms with van der Waals surface area (Å²) in [6.07, 6.45) is 5.37. The summed E-state index contributed by atoms with van der Waals surface area (Å²) >= 11 is 0. The van der Waals surface area contributed by atoms with E-state index < -0.39 is 11.9 Å². The van der Waals surface area contributed by atoms with E-state index in [-0.39, 0.29) is 53.2 Å². The van der Waals surface area contributed by atoms with Crippen molar-refractivity contribution in [1.82, 2.24) is 10.3 Å². The molecule has 2 fully saturated rings. The summed E-state index contributed by atoms with van der Waals surface area (Å²) < 4.78 is 12.2. The monoisotopic (exact) mass is 624 g/mol. The average Bonchev–Trinajstić information content (AvgIpc) is 3.41. The number of carbonyl (C=O) groups is 3. The summed E-state index contributed by atoms with van der Waals surface area (Å²) in [6, 6.07) is 0. The molecule has 0 aromatic carbocycles. The molecule has 4 unspecified atom stereocenters. The third-order valence-corrected chi connectivity index (χ3v) is 9.65. The van der Waals surface area contributed by atoms with E-state index in [2.05, 4.69) is 62.3 Å². The number of hydrogen-bond donors (Lipinski definition) is 3. The van der Waals surface area contributed by atoms with E-state index in [1.54, 1.807) is 13.0 Å². The maximum Gasteiger partial charge on any atom is 0.342 e. The van der Waals surface area contributed by atoms with Gasteiger partial charge in [-0.1, -0.05) is 41.5 Å². The fraction of sp³-hybridized carbons (Fsp3) is 0.657. The summed E-state index contributed by atoms with van der Waals surface area (Å²) in [5, 5.41) is 2.71. The van der Waals surface area contributed by atoms with Crippen molar-refractivity contribution < 1.29 is 28.7 Å². The molecule has 0 bridgehead atoms. The largest absolute Gasteiger partial charge is 0.458 e. The summed E-state index contributed by atoms with van der Waals surface area (Å²) in [5.74, 6) is 1.41. The highest BCUT2D eigenvalue weighted by Crippen LogP contribution is 2.38. The molecule has 1 aromatic heterocycles. The van der Waals surface area contributed by atoms with Gasteiger partial charge in [-0.15, -0.1) is 0 Å². The van der Waals surface area contributed by atoms with Crippen molar-refractivity contribution in [2.45, 2.75) is 107 Å². The summed E-state index contributed by atoms with van der Waals surface area (Å²) in [4.78, 5) is 52.8. The molecule has 0 saturated heterocycles. The maximum absolute atomic E-state index is 13.7. The van der Waals surface area contributed by atoms with E-state index in [4.69, 9.17) is 14.3 Å². The molecule has 45 heavy (non-hydrogen) atoms. The van der Waals surface area contributed by atoms with Crippen molar-refractivity contribution >= 4 is 35.6 Å². The van der Waals surface area contributed by atoms with E-state index in [1.807, 2.05) is 13.8 Å². The molecule has 4 atom stereocenters. The van der Waals surface area contributed by atoms with Crippen LogP contribution in [0.2, 0.25) is 0 Å². The minimum absolute atomic E-state index is 0.159. The van der Waals surface area contributed by atoms with E-state index in [0.29, 0.717) is 52.4 Å². The quantitative estimate of drug-likeness (QED) is 0.216. The lowest BCUT2D eigenvalue weighted by molar-refractivity contribution is -0.152. The van der Waals surface area contributed by atoms with Crippen molar-refractivity contribution in [2.24, 2.45) is 40.5 Å². The third-order valence-electron chi connectivity index (χ3n) is 9.65. The van der Waals surface area contributed by atoms with Crippen LogP contribution in [-0.2, 0) is 23.9 Å². The molecule has 3 N–H and O–H groups in total. The van der Waals surface area contributed by atoms with Crippen molar-refractivity contribution in [1.29, 1.82) is 0 Å². The highest BCUT2D eigenvalue weighted by Gasteiger charge is 2.38. The fourth-order valence-electron chi connectivity index (χ4n) is 7.80. The van der Waals surface area contributed by atoms with E-state index in [1.165, 1.54) is 6.92 Å². The Hall–Kier alpha value is -3.40. The van der Waals surface area contributed by atoms with Gasteiger partial charge in [0.05, 0.1) is 12.3 Å². The summed E-state index contributed by atoms with van der Waals surface area (Å²) in [5.41, 5.74) is 5.75. The number of amides is 1. The van der Waals surface area contributed by atoms with E-state index >= 15 is 0 Å². The highest BCUT2D eigenvalue weighted by atomic mass is 16.6. The Bertz CT molecular complexity index is 1370. The third kappa shape index (κ3) is 7.71. The van der Waals surface area contributed by atoms with Crippen molar-refractivity contribution in [3.8, 4) is 0 Å². The zero-order valence-corrected chi connectivity index (χ0v) is 28.6. The molecule has 0 radical (unpaired) electrons. The van der Waals surface area contributed by atoms with Gasteiger partial charge in [0, 0.05) is 12.6 Å². The van der Waals surface area contributed by atoms with Crippen LogP contribution in [-0.4, -0.2) is 47.5 Å². The number of hydrogen-bond acceptors (Lipinski definition) is 8. The fourth-order valence-corrected chi connectivity index (χ4v) is 7.80. The van der Waals surface area contributed by atoms with Gasteiger partial charge in [0.25, 0.3) is 0 Å². The lowest BCUT2D eigenvalue weighted by Crippen LogP contribution is -2.39. The van der Waals surface area contributed by atoms with Gasteiger partial charge in [0.15, 0.2) is 0 Å². The van der Waals surface area contributed by atoms with Crippen LogP contribution in [0, 0.1) is 42.4 Å². The number of anilines is 1. The van der Waals surface area contributed by atoms with Gasteiger partial charge in [-0.25, -0.2) is 14.6 Å². The SMILES string of the molecule is CCONc1[nH]c(C=C2N=C(NC(C)=O)C(C(=O)OC3C(C)CC(C)CC3C)=C2C)c(C)c1C(=O)OC1C(C)CC(C)CC1C. The first kappa shape index (κ1) is 34.5. The molecule has 0 spiro atoms. The van der Waals surface area contributed by atoms with Crippen molar-refractivity contribution in [3.63, 3.8) is 0 Å². The lowest BCUT2D eigenvalue weighted by atomic mass is 9.75. The summed E-state index contributed by atoms with van der Waals surface area (Å²) in [7, 11) is 0. The Kier molecular flexibility index (Phi) is 11.0. The molecule has 1 aromatic rings. The van der Waals surface area contributed by atoms with Crippen LogP contribution in [0.1, 0.15) is 110 Å². The number of allylic oxidation sites excluding steroid dienone is 1. The zero-order valence-electron chi connectivity index (χ0n) is 28.6. The first-order valence-corrected chi connectivity index (χ1v) is 16.5. The number of carbonyl (C=O) groups excluding carboxylic acids is 3.